The van der Waals surface area contributed by atoms with Crippen molar-refractivity contribution in [3.8, 4) is 16.3 Å². The van der Waals surface area contributed by atoms with E-state index in [1.807, 2.05) is 12.1 Å². The van der Waals surface area contributed by atoms with Crippen molar-refractivity contribution in [2.45, 2.75) is 44.8 Å². The van der Waals surface area contributed by atoms with Crippen molar-refractivity contribution in [3.05, 3.63) is 58.3 Å². The number of halogens is 2. The summed E-state index contributed by atoms with van der Waals surface area (Å²) in [4.78, 5) is 14.2. The van der Waals surface area contributed by atoms with Crippen molar-refractivity contribution >= 4 is 34.6 Å². The first-order valence-corrected chi connectivity index (χ1v) is 12.7. The monoisotopic (exact) mass is 501 g/mol. The molecule has 9 heteroatoms. The number of benzene rings is 2. The summed E-state index contributed by atoms with van der Waals surface area (Å²) in [7, 11) is 0. The van der Waals surface area contributed by atoms with Crippen molar-refractivity contribution in [1.82, 2.24) is 10.2 Å². The fourth-order valence-corrected chi connectivity index (χ4v) is 5.04. The molecule has 1 aromatic heterocycles. The molecule has 0 spiro atoms. The van der Waals surface area contributed by atoms with Crippen LogP contribution in [0.5, 0.6) is 5.75 Å². The maximum Gasteiger partial charge on any atom is 0.309 e. The molecule has 3 aromatic rings. The molecule has 0 unspecified atom stereocenters. The Morgan fingerprint density at radius 2 is 1.85 bits per heavy atom. The predicted octanol–water partition coefficient (Wildman–Crippen LogP) is 5.89. The van der Waals surface area contributed by atoms with E-state index in [4.69, 9.17) is 21.1 Å². The normalized spacial score (nSPS) is 16.8. The topological polar surface area (TPSA) is 64.5 Å². The summed E-state index contributed by atoms with van der Waals surface area (Å²) in [6.45, 7) is 1.86. The zero-order valence-electron chi connectivity index (χ0n) is 18.6. The van der Waals surface area contributed by atoms with E-state index in [0.717, 1.165) is 61.5 Å². The molecule has 34 heavy (non-hydrogen) atoms. The minimum Gasteiger partial charge on any atom is -0.489 e. The Bertz CT molecular complexity index is 1140. The quantitative estimate of drug-likeness (QED) is 0.376. The number of anilines is 1. The third-order valence-electron chi connectivity index (χ3n) is 6.35. The second-order valence-electron chi connectivity index (χ2n) is 8.66. The second-order valence-corrected chi connectivity index (χ2v) is 10.1. The van der Waals surface area contributed by atoms with Gasteiger partial charge in [-0.25, -0.2) is 4.39 Å². The Morgan fingerprint density at radius 3 is 2.56 bits per heavy atom. The third-order valence-corrected chi connectivity index (χ3v) is 7.61. The van der Waals surface area contributed by atoms with Crippen LogP contribution in [0.15, 0.2) is 42.5 Å². The number of hydrogen-bond donors (Lipinski definition) is 0. The molecule has 1 aliphatic heterocycles. The number of esters is 1. The van der Waals surface area contributed by atoms with Crippen LogP contribution in [0.4, 0.5) is 10.1 Å². The number of aromatic nitrogens is 2. The number of ether oxygens (including phenoxy) is 2. The SMILES string of the molecule is O=C(OCc1nnc(-c2ccc(N3CCC(Oc4cc(F)ccc4Cl)CC3)cc2)s1)C1CCC1. The highest BCUT2D eigenvalue weighted by Crippen LogP contribution is 2.31. The number of rotatable bonds is 7. The minimum atomic E-state index is -0.353. The average Bonchev–Trinajstić information content (AvgIpc) is 3.29. The Labute approximate surface area is 206 Å². The van der Waals surface area contributed by atoms with Gasteiger partial charge in [0.1, 0.15) is 29.3 Å². The standard InChI is InChI=1S/C25H25ClFN3O3S/c26-21-9-6-18(27)14-22(21)33-20-10-12-30(13-11-20)19-7-4-16(5-8-19)24-29-28-23(34-24)15-32-25(31)17-2-1-3-17/h4-9,14,17,20H,1-3,10-13,15H2. The van der Waals surface area contributed by atoms with Gasteiger partial charge < -0.3 is 14.4 Å². The lowest BCUT2D eigenvalue weighted by Gasteiger charge is -2.34. The maximum absolute atomic E-state index is 13.5. The molecule has 2 heterocycles. The van der Waals surface area contributed by atoms with Crippen LogP contribution in [0.3, 0.4) is 0 Å². The van der Waals surface area contributed by atoms with Crippen LogP contribution in [0.25, 0.3) is 10.6 Å². The van der Waals surface area contributed by atoms with Crippen LogP contribution in [-0.4, -0.2) is 35.4 Å². The summed E-state index contributed by atoms with van der Waals surface area (Å²) in [6.07, 6.45) is 4.63. The first-order chi connectivity index (χ1) is 16.5. The summed E-state index contributed by atoms with van der Waals surface area (Å²) >= 11 is 7.57. The van der Waals surface area contributed by atoms with E-state index in [9.17, 15) is 9.18 Å². The fourth-order valence-electron chi connectivity index (χ4n) is 4.12. The lowest BCUT2D eigenvalue weighted by Crippen LogP contribution is -2.38. The lowest BCUT2D eigenvalue weighted by atomic mass is 9.86. The zero-order chi connectivity index (χ0) is 23.5. The van der Waals surface area contributed by atoms with Crippen LogP contribution in [0.2, 0.25) is 5.02 Å². The van der Waals surface area contributed by atoms with Crippen LogP contribution in [-0.2, 0) is 16.1 Å². The van der Waals surface area contributed by atoms with E-state index < -0.39 is 0 Å². The van der Waals surface area contributed by atoms with Crippen LogP contribution < -0.4 is 9.64 Å². The van der Waals surface area contributed by atoms with Gasteiger partial charge in [-0.2, -0.15) is 0 Å². The third kappa shape index (κ3) is 5.33. The summed E-state index contributed by atoms with van der Waals surface area (Å²) < 4.78 is 24.8. The Kier molecular flexibility index (Phi) is 6.97. The van der Waals surface area contributed by atoms with Crippen molar-refractivity contribution in [3.63, 3.8) is 0 Å². The fraction of sp³-hybridized carbons (Fsp3) is 0.400. The molecule has 2 aliphatic rings. The maximum atomic E-state index is 13.5. The Morgan fingerprint density at radius 1 is 1.09 bits per heavy atom. The first-order valence-electron chi connectivity index (χ1n) is 11.5. The van der Waals surface area contributed by atoms with Crippen LogP contribution in [0, 0.1) is 11.7 Å². The molecule has 6 nitrogen and oxygen atoms in total. The molecule has 0 amide bonds. The molecule has 0 bridgehead atoms. The summed E-state index contributed by atoms with van der Waals surface area (Å²) in [5.74, 6) is -0.0101. The van der Waals surface area contributed by atoms with Crippen molar-refractivity contribution in [2.24, 2.45) is 5.92 Å². The van der Waals surface area contributed by atoms with E-state index in [0.29, 0.717) is 15.8 Å². The summed E-state index contributed by atoms with van der Waals surface area (Å²) in [5.41, 5.74) is 2.11. The van der Waals surface area contributed by atoms with Crippen molar-refractivity contribution in [2.75, 3.05) is 18.0 Å². The number of piperidine rings is 1. The van der Waals surface area contributed by atoms with E-state index in [1.165, 1.54) is 29.5 Å². The molecule has 2 aromatic carbocycles. The summed E-state index contributed by atoms with van der Waals surface area (Å²) in [6, 6.07) is 12.4. The highest BCUT2D eigenvalue weighted by atomic mass is 35.5. The second kappa shape index (κ2) is 10.3. The predicted molar refractivity (Wildman–Crippen MR) is 130 cm³/mol. The Balaban J connectivity index is 1.13. The highest BCUT2D eigenvalue weighted by Gasteiger charge is 2.27. The Hall–Kier alpha value is -2.71. The molecule has 178 valence electrons. The van der Waals surface area contributed by atoms with Gasteiger partial charge in [-0.1, -0.05) is 29.4 Å². The van der Waals surface area contributed by atoms with E-state index in [1.54, 1.807) is 0 Å². The number of carbonyl (C=O) groups excluding carboxylic acids is 1. The summed E-state index contributed by atoms with van der Waals surface area (Å²) in [5, 5.41) is 10.4. The van der Waals surface area contributed by atoms with E-state index >= 15 is 0 Å². The van der Waals surface area contributed by atoms with Crippen molar-refractivity contribution in [1.29, 1.82) is 0 Å². The van der Waals surface area contributed by atoms with Gasteiger partial charge in [0.25, 0.3) is 0 Å². The smallest absolute Gasteiger partial charge is 0.309 e. The van der Waals surface area contributed by atoms with Crippen molar-refractivity contribution < 1.29 is 18.7 Å². The number of carbonyl (C=O) groups is 1. The number of hydrogen-bond acceptors (Lipinski definition) is 7. The van der Waals surface area contributed by atoms with Gasteiger partial charge in [0.15, 0.2) is 5.01 Å². The largest absolute Gasteiger partial charge is 0.489 e. The number of nitrogens with zero attached hydrogens (tertiary/aromatic N) is 3. The van der Waals surface area contributed by atoms with Gasteiger partial charge in [0.2, 0.25) is 0 Å². The molecular formula is C25H25ClFN3O3S. The van der Waals surface area contributed by atoms with Gasteiger partial charge >= 0.3 is 5.97 Å². The van der Waals surface area contributed by atoms with Gasteiger partial charge in [0, 0.05) is 43.2 Å². The van der Waals surface area contributed by atoms with Gasteiger partial charge in [-0.3, -0.25) is 4.79 Å². The van der Waals surface area contributed by atoms with Gasteiger partial charge in [-0.15, -0.1) is 10.2 Å². The van der Waals surface area contributed by atoms with E-state index in [-0.39, 0.29) is 30.4 Å². The molecule has 5 rings (SSSR count). The average molecular weight is 502 g/mol. The van der Waals surface area contributed by atoms with E-state index in [2.05, 4.69) is 27.2 Å². The van der Waals surface area contributed by atoms with Crippen LogP contribution >= 0.6 is 22.9 Å². The molecule has 2 fully saturated rings. The molecule has 0 atom stereocenters. The molecule has 1 saturated carbocycles. The minimum absolute atomic E-state index is 0.00743. The molecule has 1 saturated heterocycles. The molecule has 0 N–H and O–H groups in total. The molecular weight excluding hydrogens is 477 g/mol. The van der Waals surface area contributed by atoms with Gasteiger partial charge in [0.05, 0.1) is 10.9 Å². The van der Waals surface area contributed by atoms with Crippen LogP contribution in [0.1, 0.15) is 37.1 Å². The molecule has 1 aliphatic carbocycles. The first kappa shape index (κ1) is 23.1. The molecule has 0 radical (unpaired) electrons. The lowest BCUT2D eigenvalue weighted by molar-refractivity contribution is -0.152. The zero-order valence-corrected chi connectivity index (χ0v) is 20.2. The van der Waals surface area contributed by atoms with Gasteiger partial charge in [-0.05, 0) is 49.2 Å². The highest BCUT2D eigenvalue weighted by molar-refractivity contribution is 7.14.